The summed E-state index contributed by atoms with van der Waals surface area (Å²) in [6.07, 6.45) is 11.0. The summed E-state index contributed by atoms with van der Waals surface area (Å²) in [5, 5.41) is 3.97. The van der Waals surface area contributed by atoms with Crippen LogP contribution in [0.15, 0.2) is 36.8 Å². The van der Waals surface area contributed by atoms with Gasteiger partial charge in [0.15, 0.2) is 0 Å². The van der Waals surface area contributed by atoms with E-state index >= 15 is 0 Å². The first kappa shape index (κ1) is 19.2. The van der Waals surface area contributed by atoms with Crippen LogP contribution >= 0.6 is 0 Å². The monoisotopic (exact) mass is 381 g/mol. The van der Waals surface area contributed by atoms with Gasteiger partial charge in [0.05, 0.1) is 25.7 Å². The molecule has 2 aromatic rings. The molecule has 1 aromatic heterocycles. The number of benzene rings is 1. The molecule has 0 unspecified atom stereocenters. The molecule has 1 aromatic carbocycles. The Balaban J connectivity index is 1.73. The lowest BCUT2D eigenvalue weighted by atomic mass is 9.67. The zero-order chi connectivity index (χ0) is 19.7. The highest BCUT2D eigenvalue weighted by atomic mass is 16.5. The molecule has 0 amide bonds. The Morgan fingerprint density at radius 2 is 1.89 bits per heavy atom. The zero-order valence-corrected chi connectivity index (χ0v) is 17.1. The van der Waals surface area contributed by atoms with Gasteiger partial charge in [0.25, 0.3) is 0 Å². The van der Waals surface area contributed by atoms with Gasteiger partial charge in [0, 0.05) is 12.1 Å². The van der Waals surface area contributed by atoms with Gasteiger partial charge in [-0.15, -0.1) is 0 Å². The summed E-state index contributed by atoms with van der Waals surface area (Å²) in [6, 6.07) is 9.67. The van der Waals surface area contributed by atoms with E-state index < -0.39 is 0 Å². The van der Waals surface area contributed by atoms with Gasteiger partial charge in [-0.3, -0.25) is 0 Å². The molecule has 4 rings (SSSR count). The Hall–Kier alpha value is -2.14. The van der Waals surface area contributed by atoms with Crippen molar-refractivity contribution in [3.8, 4) is 0 Å². The molecule has 2 aliphatic carbocycles. The van der Waals surface area contributed by atoms with Gasteiger partial charge in [-0.05, 0) is 35.8 Å². The van der Waals surface area contributed by atoms with Gasteiger partial charge in [-0.1, -0.05) is 57.4 Å². The maximum atomic E-state index is 12.3. The van der Waals surface area contributed by atoms with Crippen molar-refractivity contribution in [3.63, 3.8) is 0 Å². The molecule has 1 heterocycles. The zero-order valence-electron chi connectivity index (χ0n) is 17.1. The molecule has 5 heteroatoms. The fourth-order valence-corrected chi connectivity index (χ4v) is 5.25. The third-order valence-corrected chi connectivity index (χ3v) is 6.52. The number of carbonyl (C=O) groups is 1. The summed E-state index contributed by atoms with van der Waals surface area (Å²) in [5.74, 6) is -0.340. The van der Waals surface area contributed by atoms with E-state index in [1.54, 1.807) is 12.5 Å². The Kier molecular flexibility index (Phi) is 5.28. The number of rotatable bonds is 4. The van der Waals surface area contributed by atoms with E-state index in [1.807, 2.05) is 4.57 Å². The number of fused-ring (bicyclic) bond motifs is 1. The van der Waals surface area contributed by atoms with E-state index in [-0.39, 0.29) is 17.4 Å². The summed E-state index contributed by atoms with van der Waals surface area (Å²) >= 11 is 0. The summed E-state index contributed by atoms with van der Waals surface area (Å²) in [5.41, 5.74) is 3.09. The molecule has 1 saturated carbocycles. The number of carbonyl (C=O) groups excluding carboxylic acids is 1. The molecular formula is C23H31N3O2. The van der Waals surface area contributed by atoms with Crippen molar-refractivity contribution in [2.75, 3.05) is 7.11 Å². The highest BCUT2D eigenvalue weighted by Crippen LogP contribution is 2.50. The second-order valence-corrected chi connectivity index (χ2v) is 8.96. The number of nitrogens with one attached hydrogen (secondary N) is 1. The van der Waals surface area contributed by atoms with Crippen molar-refractivity contribution in [2.45, 2.75) is 70.5 Å². The fraction of sp³-hybridized carbons (Fsp3) is 0.565. The van der Waals surface area contributed by atoms with E-state index in [0.29, 0.717) is 17.8 Å². The van der Waals surface area contributed by atoms with E-state index in [1.165, 1.54) is 50.3 Å². The molecule has 0 saturated heterocycles. The molecule has 2 aliphatic rings. The molecule has 150 valence electrons. The molecule has 2 atom stereocenters. The second-order valence-electron chi connectivity index (χ2n) is 8.96. The van der Waals surface area contributed by atoms with Gasteiger partial charge < -0.3 is 14.6 Å². The number of aromatic nitrogens is 2. The molecule has 5 nitrogen and oxygen atoms in total. The van der Waals surface area contributed by atoms with Crippen LogP contribution in [0.4, 0.5) is 0 Å². The first-order valence-corrected chi connectivity index (χ1v) is 10.5. The first-order valence-electron chi connectivity index (χ1n) is 10.5. The van der Waals surface area contributed by atoms with E-state index in [9.17, 15) is 4.79 Å². The van der Waals surface area contributed by atoms with Crippen LogP contribution in [0.2, 0.25) is 0 Å². The standard InChI is InChI=1S/C23H31N3O2/c1-23(2)13-19(25-16-9-5-4-6-10-16)17-11-7-8-12-18(17)21(23)26-15-24-14-20(26)22(27)28-3/h7-8,11-12,14-16,19,21,25H,4-6,9-10,13H2,1-3H3/t19-,21+/m1/s1. The molecule has 1 fully saturated rings. The van der Waals surface area contributed by atoms with E-state index in [0.717, 1.165) is 6.42 Å². The van der Waals surface area contributed by atoms with Crippen LogP contribution in [0.1, 0.15) is 86.1 Å². The predicted molar refractivity (Wildman–Crippen MR) is 109 cm³/mol. The summed E-state index contributed by atoms with van der Waals surface area (Å²) in [6.45, 7) is 4.59. The molecular weight excluding hydrogens is 350 g/mol. The van der Waals surface area contributed by atoms with Crippen molar-refractivity contribution in [1.29, 1.82) is 0 Å². The molecule has 28 heavy (non-hydrogen) atoms. The quantitative estimate of drug-likeness (QED) is 0.783. The first-order chi connectivity index (χ1) is 13.5. The maximum absolute atomic E-state index is 12.3. The van der Waals surface area contributed by atoms with Crippen LogP contribution in [0.25, 0.3) is 0 Å². The number of hydrogen-bond donors (Lipinski definition) is 1. The smallest absolute Gasteiger partial charge is 0.356 e. The number of esters is 1. The molecule has 0 bridgehead atoms. The predicted octanol–water partition coefficient (Wildman–Crippen LogP) is 4.65. The number of hydrogen-bond acceptors (Lipinski definition) is 4. The molecule has 0 spiro atoms. The Morgan fingerprint density at radius 3 is 2.61 bits per heavy atom. The summed E-state index contributed by atoms with van der Waals surface area (Å²) in [4.78, 5) is 16.6. The second kappa shape index (κ2) is 7.70. The molecule has 1 N–H and O–H groups in total. The Labute approximate surface area is 167 Å². The van der Waals surface area contributed by atoms with Crippen LogP contribution in [-0.4, -0.2) is 28.7 Å². The normalized spacial score (nSPS) is 24.5. The lowest BCUT2D eigenvalue weighted by molar-refractivity contribution is 0.0579. The van der Waals surface area contributed by atoms with Crippen molar-refractivity contribution >= 4 is 5.97 Å². The number of methoxy groups -OCH3 is 1. The average molecular weight is 382 g/mol. The van der Waals surface area contributed by atoms with Gasteiger partial charge in [-0.25, -0.2) is 9.78 Å². The lowest BCUT2D eigenvalue weighted by Gasteiger charge is -2.46. The summed E-state index contributed by atoms with van der Waals surface area (Å²) < 4.78 is 6.99. The largest absolute Gasteiger partial charge is 0.464 e. The lowest BCUT2D eigenvalue weighted by Crippen LogP contribution is -2.43. The van der Waals surface area contributed by atoms with Gasteiger partial charge >= 0.3 is 5.97 Å². The van der Waals surface area contributed by atoms with Crippen LogP contribution in [0.5, 0.6) is 0 Å². The minimum atomic E-state index is -0.340. The van der Waals surface area contributed by atoms with Crippen LogP contribution in [-0.2, 0) is 4.74 Å². The van der Waals surface area contributed by atoms with Gasteiger partial charge in [0.2, 0.25) is 0 Å². The van der Waals surface area contributed by atoms with Crippen molar-refractivity contribution in [2.24, 2.45) is 5.41 Å². The van der Waals surface area contributed by atoms with Crippen molar-refractivity contribution in [1.82, 2.24) is 14.9 Å². The van der Waals surface area contributed by atoms with Gasteiger partial charge in [-0.2, -0.15) is 0 Å². The van der Waals surface area contributed by atoms with Crippen LogP contribution in [0, 0.1) is 5.41 Å². The van der Waals surface area contributed by atoms with Crippen LogP contribution in [0.3, 0.4) is 0 Å². The number of nitrogens with zero attached hydrogens (tertiary/aromatic N) is 2. The topological polar surface area (TPSA) is 56.1 Å². The molecule has 0 aliphatic heterocycles. The minimum absolute atomic E-state index is 0.0375. The summed E-state index contributed by atoms with van der Waals surface area (Å²) in [7, 11) is 1.42. The van der Waals surface area contributed by atoms with Crippen molar-refractivity contribution in [3.05, 3.63) is 53.6 Å². The maximum Gasteiger partial charge on any atom is 0.356 e. The number of imidazole rings is 1. The third-order valence-electron chi connectivity index (χ3n) is 6.52. The Bertz CT molecular complexity index is 836. The van der Waals surface area contributed by atoms with Gasteiger partial charge in [0.1, 0.15) is 5.69 Å². The highest BCUT2D eigenvalue weighted by molar-refractivity contribution is 5.87. The van der Waals surface area contributed by atoms with Crippen molar-refractivity contribution < 1.29 is 9.53 Å². The van der Waals surface area contributed by atoms with E-state index in [4.69, 9.17) is 4.74 Å². The van der Waals surface area contributed by atoms with E-state index in [2.05, 4.69) is 48.4 Å². The fourth-order valence-electron chi connectivity index (χ4n) is 5.25. The molecule has 0 radical (unpaired) electrons. The highest BCUT2D eigenvalue weighted by Gasteiger charge is 2.43. The SMILES string of the molecule is COC(=O)c1cncn1[C@H]1c2ccccc2[C@H](NC2CCCCC2)CC1(C)C. The average Bonchev–Trinajstić information content (AvgIpc) is 3.16. The van der Waals surface area contributed by atoms with Crippen LogP contribution < -0.4 is 5.32 Å². The number of ether oxygens (including phenoxy) is 1. The Morgan fingerprint density at radius 1 is 1.18 bits per heavy atom. The minimum Gasteiger partial charge on any atom is -0.464 e. The third kappa shape index (κ3) is 3.48.